The average molecular weight is 331 g/mol. The highest BCUT2D eigenvalue weighted by atomic mass is 32.2. The third-order valence-electron chi connectivity index (χ3n) is 2.96. The van der Waals surface area contributed by atoms with Crippen molar-refractivity contribution in [1.82, 2.24) is 10.3 Å². The molecular weight excluding hydrogens is 314 g/mol. The molecule has 0 aliphatic rings. The Morgan fingerprint density at radius 3 is 2.78 bits per heavy atom. The average Bonchev–Trinajstić information content (AvgIpc) is 2.53. The van der Waals surface area contributed by atoms with E-state index >= 15 is 0 Å². The van der Waals surface area contributed by atoms with Gasteiger partial charge in [-0.2, -0.15) is 0 Å². The van der Waals surface area contributed by atoms with Crippen LogP contribution in [0.15, 0.2) is 47.6 Å². The van der Waals surface area contributed by atoms with Crippen LogP contribution in [0.25, 0.3) is 0 Å². The molecule has 0 radical (unpaired) electrons. The van der Waals surface area contributed by atoms with Crippen molar-refractivity contribution in [1.29, 1.82) is 0 Å². The van der Waals surface area contributed by atoms with E-state index in [1.165, 1.54) is 23.9 Å². The lowest BCUT2D eigenvalue weighted by Gasteiger charge is -2.11. The first-order valence-electron chi connectivity index (χ1n) is 7.09. The molecule has 23 heavy (non-hydrogen) atoms. The molecule has 0 unspecified atom stereocenters. The molecule has 0 atom stereocenters. The summed E-state index contributed by atoms with van der Waals surface area (Å²) >= 11 is 1.50. The molecule has 7 heteroatoms. The molecular formula is C16H17N3O3S. The summed E-state index contributed by atoms with van der Waals surface area (Å²) in [4.78, 5) is 27.6. The van der Waals surface area contributed by atoms with Crippen LogP contribution in [-0.4, -0.2) is 21.1 Å². The van der Waals surface area contributed by atoms with Crippen molar-refractivity contribution >= 4 is 23.4 Å². The number of hydrogen-bond acceptors (Lipinski definition) is 5. The fraction of sp³-hybridized carbons (Fsp3) is 0.250. The first-order valence-corrected chi connectivity index (χ1v) is 7.97. The SMILES string of the molecule is CC(C)Sc1ccc([N+](=O)[O-])cc1C(=O)NCc1cccnc1. The Kier molecular flexibility index (Phi) is 5.70. The van der Waals surface area contributed by atoms with E-state index < -0.39 is 4.92 Å². The Labute approximate surface area is 138 Å². The number of carbonyl (C=O) groups is 1. The van der Waals surface area contributed by atoms with E-state index in [1.807, 2.05) is 19.9 Å². The van der Waals surface area contributed by atoms with Crippen LogP contribution in [0, 0.1) is 10.1 Å². The van der Waals surface area contributed by atoms with Crippen molar-refractivity contribution in [3.05, 3.63) is 64.0 Å². The largest absolute Gasteiger partial charge is 0.348 e. The maximum Gasteiger partial charge on any atom is 0.270 e. The number of nitro benzene ring substituents is 1. The van der Waals surface area contributed by atoms with E-state index in [-0.39, 0.29) is 16.8 Å². The maximum absolute atomic E-state index is 12.4. The van der Waals surface area contributed by atoms with Crippen LogP contribution < -0.4 is 5.32 Å². The van der Waals surface area contributed by atoms with Gasteiger partial charge < -0.3 is 5.32 Å². The van der Waals surface area contributed by atoms with Crippen molar-refractivity contribution in [2.45, 2.75) is 30.5 Å². The third-order valence-corrected chi connectivity index (χ3v) is 4.04. The molecule has 0 aliphatic heterocycles. The smallest absolute Gasteiger partial charge is 0.270 e. The third kappa shape index (κ3) is 4.79. The lowest BCUT2D eigenvalue weighted by atomic mass is 10.2. The first-order chi connectivity index (χ1) is 11.0. The van der Waals surface area contributed by atoms with Gasteiger partial charge in [0.25, 0.3) is 11.6 Å². The molecule has 0 bridgehead atoms. The minimum Gasteiger partial charge on any atom is -0.348 e. The van der Waals surface area contributed by atoms with Gasteiger partial charge in [0.15, 0.2) is 0 Å². The van der Waals surface area contributed by atoms with Crippen LogP contribution in [0.5, 0.6) is 0 Å². The summed E-state index contributed by atoms with van der Waals surface area (Å²) in [6.07, 6.45) is 3.32. The van der Waals surface area contributed by atoms with Gasteiger partial charge in [-0.3, -0.25) is 19.9 Å². The van der Waals surface area contributed by atoms with E-state index in [9.17, 15) is 14.9 Å². The Morgan fingerprint density at radius 1 is 1.39 bits per heavy atom. The quantitative estimate of drug-likeness (QED) is 0.498. The summed E-state index contributed by atoms with van der Waals surface area (Å²) in [5, 5.41) is 14.0. The fourth-order valence-electron chi connectivity index (χ4n) is 1.95. The van der Waals surface area contributed by atoms with Gasteiger partial charge in [-0.1, -0.05) is 19.9 Å². The van der Waals surface area contributed by atoms with E-state index in [0.717, 1.165) is 10.5 Å². The molecule has 1 N–H and O–H groups in total. The second-order valence-corrected chi connectivity index (χ2v) is 6.77. The predicted octanol–water partition coefficient (Wildman–Crippen LogP) is 3.42. The van der Waals surface area contributed by atoms with Crippen LogP contribution in [0.4, 0.5) is 5.69 Å². The summed E-state index contributed by atoms with van der Waals surface area (Å²) in [5.74, 6) is -0.333. The van der Waals surface area contributed by atoms with Crippen molar-refractivity contribution < 1.29 is 9.72 Å². The Balaban J connectivity index is 2.21. The lowest BCUT2D eigenvalue weighted by molar-refractivity contribution is -0.384. The van der Waals surface area contributed by atoms with Gasteiger partial charge >= 0.3 is 0 Å². The second-order valence-electron chi connectivity index (χ2n) is 5.15. The van der Waals surface area contributed by atoms with Crippen LogP contribution in [0.2, 0.25) is 0 Å². The zero-order chi connectivity index (χ0) is 16.8. The molecule has 0 saturated heterocycles. The number of nitrogens with zero attached hydrogens (tertiary/aromatic N) is 2. The van der Waals surface area contributed by atoms with Crippen LogP contribution in [0.1, 0.15) is 29.8 Å². The molecule has 0 fully saturated rings. The molecule has 0 spiro atoms. The van der Waals surface area contributed by atoms with Crippen LogP contribution >= 0.6 is 11.8 Å². The molecule has 1 aromatic carbocycles. The van der Waals surface area contributed by atoms with Gasteiger partial charge in [-0.25, -0.2) is 0 Å². The molecule has 2 aromatic rings. The first kappa shape index (κ1) is 17.0. The Morgan fingerprint density at radius 2 is 2.17 bits per heavy atom. The number of non-ortho nitro benzene ring substituents is 1. The minimum atomic E-state index is -0.498. The molecule has 0 saturated carbocycles. The van der Waals surface area contributed by atoms with Crippen molar-refractivity contribution in [3.8, 4) is 0 Å². The second kappa shape index (κ2) is 7.73. The number of rotatable bonds is 6. The molecule has 1 aromatic heterocycles. The lowest BCUT2D eigenvalue weighted by Crippen LogP contribution is -2.23. The molecule has 1 amide bonds. The van der Waals surface area contributed by atoms with Crippen LogP contribution in [-0.2, 0) is 6.54 Å². The van der Waals surface area contributed by atoms with Gasteiger partial charge in [0, 0.05) is 41.2 Å². The number of thioether (sulfide) groups is 1. The number of nitrogens with one attached hydrogen (secondary N) is 1. The topological polar surface area (TPSA) is 85.1 Å². The molecule has 2 rings (SSSR count). The van der Waals surface area contributed by atoms with E-state index in [1.54, 1.807) is 24.5 Å². The number of benzene rings is 1. The summed E-state index contributed by atoms with van der Waals surface area (Å²) < 4.78 is 0. The Bertz CT molecular complexity index is 705. The summed E-state index contributed by atoms with van der Waals surface area (Å²) in [6.45, 7) is 4.33. The van der Waals surface area contributed by atoms with Crippen LogP contribution in [0.3, 0.4) is 0 Å². The van der Waals surface area contributed by atoms with Crippen molar-refractivity contribution in [2.75, 3.05) is 0 Å². The van der Waals surface area contributed by atoms with E-state index in [4.69, 9.17) is 0 Å². The van der Waals surface area contributed by atoms with Gasteiger partial charge in [0.05, 0.1) is 10.5 Å². The maximum atomic E-state index is 12.4. The summed E-state index contributed by atoms with van der Waals surface area (Å²) in [6, 6.07) is 8.01. The number of amides is 1. The van der Waals surface area contributed by atoms with Gasteiger partial charge in [-0.15, -0.1) is 11.8 Å². The highest BCUT2D eigenvalue weighted by Gasteiger charge is 2.17. The number of aromatic nitrogens is 1. The summed E-state index contributed by atoms with van der Waals surface area (Å²) in [5.41, 5.74) is 1.09. The molecule has 120 valence electrons. The fourth-order valence-corrected chi connectivity index (χ4v) is 2.88. The Hall–Kier alpha value is -2.41. The number of nitro groups is 1. The van der Waals surface area contributed by atoms with Gasteiger partial charge in [-0.05, 0) is 17.7 Å². The molecule has 6 nitrogen and oxygen atoms in total. The zero-order valence-corrected chi connectivity index (χ0v) is 13.7. The van der Waals surface area contributed by atoms with Gasteiger partial charge in [0.1, 0.15) is 0 Å². The number of carbonyl (C=O) groups excluding carboxylic acids is 1. The van der Waals surface area contributed by atoms with Crippen molar-refractivity contribution in [3.63, 3.8) is 0 Å². The number of pyridine rings is 1. The minimum absolute atomic E-state index is 0.0929. The standard InChI is InChI=1S/C16H17N3O3S/c1-11(2)23-15-6-5-13(19(21)22)8-14(15)16(20)18-10-12-4-3-7-17-9-12/h3-9,11H,10H2,1-2H3,(H,18,20). The highest BCUT2D eigenvalue weighted by Crippen LogP contribution is 2.29. The molecule has 0 aliphatic carbocycles. The monoisotopic (exact) mass is 331 g/mol. The zero-order valence-electron chi connectivity index (χ0n) is 12.9. The molecule has 1 heterocycles. The summed E-state index contributed by atoms with van der Waals surface area (Å²) in [7, 11) is 0. The van der Waals surface area contributed by atoms with Gasteiger partial charge in [0.2, 0.25) is 0 Å². The highest BCUT2D eigenvalue weighted by molar-refractivity contribution is 8.00. The predicted molar refractivity (Wildman–Crippen MR) is 89.5 cm³/mol. The number of hydrogen-bond donors (Lipinski definition) is 1. The van der Waals surface area contributed by atoms with E-state index in [2.05, 4.69) is 10.3 Å². The van der Waals surface area contributed by atoms with E-state index in [0.29, 0.717) is 12.1 Å². The van der Waals surface area contributed by atoms with Crippen molar-refractivity contribution in [2.24, 2.45) is 0 Å². The normalized spacial score (nSPS) is 10.6.